The Morgan fingerprint density at radius 1 is 1.13 bits per heavy atom. The first-order chi connectivity index (χ1) is 10.9. The van der Waals surface area contributed by atoms with Gasteiger partial charge in [-0.1, -0.05) is 53.0 Å². The van der Waals surface area contributed by atoms with E-state index in [1.807, 2.05) is 6.92 Å². The van der Waals surface area contributed by atoms with Crippen molar-refractivity contribution in [3.05, 3.63) is 68.7 Å². The Kier molecular flexibility index (Phi) is 6.09. The molecule has 2 nitrogen and oxygen atoms in total. The highest BCUT2D eigenvalue weighted by Gasteiger charge is 2.13. The Morgan fingerprint density at radius 2 is 1.78 bits per heavy atom. The van der Waals surface area contributed by atoms with Crippen molar-refractivity contribution in [3.63, 3.8) is 0 Å². The van der Waals surface area contributed by atoms with Gasteiger partial charge in [0, 0.05) is 16.5 Å². The fraction of sp³-hybridized carbons (Fsp3) is 0.316. The average molecular weight is 350 g/mol. The van der Waals surface area contributed by atoms with Gasteiger partial charge in [-0.3, -0.25) is 4.79 Å². The summed E-state index contributed by atoms with van der Waals surface area (Å²) in [6, 6.07) is 11.6. The molecule has 1 amide bonds. The summed E-state index contributed by atoms with van der Waals surface area (Å²) < 4.78 is 0. The van der Waals surface area contributed by atoms with Crippen LogP contribution in [0.15, 0.2) is 36.4 Å². The lowest BCUT2D eigenvalue weighted by Crippen LogP contribution is -2.27. The van der Waals surface area contributed by atoms with Crippen LogP contribution in [0.2, 0.25) is 10.0 Å². The minimum Gasteiger partial charge on any atom is -0.350 e. The number of aryl methyl sites for hydroxylation is 2. The molecule has 0 unspecified atom stereocenters. The molecule has 2 aromatic rings. The fourth-order valence-corrected chi connectivity index (χ4v) is 3.21. The third-order valence-corrected chi connectivity index (χ3v) is 4.65. The molecule has 0 aromatic heterocycles. The van der Waals surface area contributed by atoms with Crippen molar-refractivity contribution in [1.82, 2.24) is 5.32 Å². The van der Waals surface area contributed by atoms with Gasteiger partial charge in [0.1, 0.15) is 0 Å². The first-order valence-corrected chi connectivity index (χ1v) is 8.43. The van der Waals surface area contributed by atoms with Crippen molar-refractivity contribution in [1.29, 1.82) is 0 Å². The summed E-state index contributed by atoms with van der Waals surface area (Å²) in [5.74, 6) is -0.00519. The molecule has 1 atom stereocenters. The summed E-state index contributed by atoms with van der Waals surface area (Å²) >= 11 is 12.3. The number of hydrogen-bond acceptors (Lipinski definition) is 1. The van der Waals surface area contributed by atoms with Gasteiger partial charge < -0.3 is 5.32 Å². The van der Waals surface area contributed by atoms with Gasteiger partial charge in [0.2, 0.25) is 5.91 Å². The molecule has 0 spiro atoms. The molecule has 0 heterocycles. The van der Waals surface area contributed by atoms with Gasteiger partial charge in [0.15, 0.2) is 0 Å². The van der Waals surface area contributed by atoms with Crippen LogP contribution in [-0.4, -0.2) is 5.91 Å². The third-order valence-electron chi connectivity index (χ3n) is 3.94. The number of rotatable bonds is 5. The van der Waals surface area contributed by atoms with Crippen LogP contribution in [0, 0.1) is 13.8 Å². The quantitative estimate of drug-likeness (QED) is 0.766. The molecule has 0 saturated heterocycles. The summed E-state index contributed by atoms with van der Waals surface area (Å²) in [5, 5.41) is 4.26. The number of halogens is 2. The van der Waals surface area contributed by atoms with Crippen molar-refractivity contribution in [3.8, 4) is 0 Å². The number of amides is 1. The Balaban J connectivity index is 1.98. The maximum Gasteiger partial charge on any atom is 0.220 e. The van der Waals surface area contributed by atoms with Crippen LogP contribution in [-0.2, 0) is 11.2 Å². The molecule has 0 aliphatic carbocycles. The predicted octanol–water partition coefficient (Wildman–Crippen LogP) is 5.42. The standard InChI is InChI=1S/C19H21Cl2NO/c1-12-7-8-13(2)16(11-12)14(3)22-19(23)10-9-15-17(20)5-4-6-18(15)21/h4-8,11,14H,9-10H2,1-3H3,(H,22,23)/t14-/m1/s1. The van der Waals surface area contributed by atoms with Crippen LogP contribution < -0.4 is 5.32 Å². The van der Waals surface area contributed by atoms with Crippen molar-refractivity contribution in [2.45, 2.75) is 39.7 Å². The second kappa shape index (κ2) is 7.85. The minimum absolute atomic E-state index is 0.00519. The van der Waals surface area contributed by atoms with Crippen LogP contribution in [0.1, 0.15) is 41.6 Å². The summed E-state index contributed by atoms with van der Waals surface area (Å²) in [4.78, 5) is 12.2. The molecular formula is C19H21Cl2NO. The lowest BCUT2D eigenvalue weighted by molar-refractivity contribution is -0.121. The zero-order valence-electron chi connectivity index (χ0n) is 13.6. The molecular weight excluding hydrogens is 329 g/mol. The lowest BCUT2D eigenvalue weighted by atomic mass is 10.00. The highest BCUT2D eigenvalue weighted by Crippen LogP contribution is 2.25. The SMILES string of the molecule is Cc1ccc(C)c([C@@H](C)NC(=O)CCc2c(Cl)cccc2Cl)c1. The Labute approximate surface area is 147 Å². The molecule has 0 aliphatic heterocycles. The highest BCUT2D eigenvalue weighted by atomic mass is 35.5. The Hall–Kier alpha value is -1.51. The van der Waals surface area contributed by atoms with E-state index in [0.29, 0.717) is 22.9 Å². The maximum absolute atomic E-state index is 12.2. The Bertz CT molecular complexity index is 692. The normalized spacial score (nSPS) is 12.0. The van der Waals surface area contributed by atoms with Crippen molar-refractivity contribution < 1.29 is 4.79 Å². The van der Waals surface area contributed by atoms with E-state index in [2.05, 4.69) is 37.4 Å². The van der Waals surface area contributed by atoms with Gasteiger partial charge in [0.25, 0.3) is 0 Å². The van der Waals surface area contributed by atoms with Gasteiger partial charge in [-0.25, -0.2) is 0 Å². The summed E-state index contributed by atoms with van der Waals surface area (Å²) in [6.07, 6.45) is 0.891. The van der Waals surface area contributed by atoms with Gasteiger partial charge in [-0.15, -0.1) is 0 Å². The van der Waals surface area contributed by atoms with E-state index in [1.54, 1.807) is 18.2 Å². The largest absolute Gasteiger partial charge is 0.350 e. The fourth-order valence-electron chi connectivity index (χ4n) is 2.63. The van der Waals surface area contributed by atoms with E-state index in [0.717, 1.165) is 11.1 Å². The van der Waals surface area contributed by atoms with Crippen molar-refractivity contribution in [2.75, 3.05) is 0 Å². The molecule has 0 radical (unpaired) electrons. The van der Waals surface area contributed by atoms with Crippen LogP contribution in [0.5, 0.6) is 0 Å². The molecule has 0 aliphatic rings. The molecule has 23 heavy (non-hydrogen) atoms. The average Bonchev–Trinajstić information content (AvgIpc) is 2.49. The minimum atomic E-state index is -0.0240. The van der Waals surface area contributed by atoms with E-state index >= 15 is 0 Å². The first kappa shape index (κ1) is 17.8. The molecule has 0 fully saturated rings. The highest BCUT2D eigenvalue weighted by molar-refractivity contribution is 6.36. The van der Waals surface area contributed by atoms with Crippen LogP contribution in [0.25, 0.3) is 0 Å². The number of carbonyl (C=O) groups excluding carboxylic acids is 1. The second-order valence-corrected chi connectivity index (χ2v) is 6.66. The van der Waals surface area contributed by atoms with Crippen molar-refractivity contribution >= 4 is 29.1 Å². The van der Waals surface area contributed by atoms with E-state index < -0.39 is 0 Å². The number of nitrogens with one attached hydrogen (secondary N) is 1. The predicted molar refractivity (Wildman–Crippen MR) is 97.3 cm³/mol. The summed E-state index contributed by atoms with van der Waals surface area (Å²) in [6.45, 7) is 6.11. The Morgan fingerprint density at radius 3 is 2.43 bits per heavy atom. The van der Waals surface area contributed by atoms with Gasteiger partial charge in [-0.2, -0.15) is 0 Å². The topological polar surface area (TPSA) is 29.1 Å². The van der Waals surface area contributed by atoms with Gasteiger partial charge >= 0.3 is 0 Å². The van der Waals surface area contributed by atoms with E-state index in [9.17, 15) is 4.79 Å². The molecule has 4 heteroatoms. The molecule has 2 rings (SSSR count). The zero-order valence-corrected chi connectivity index (χ0v) is 15.1. The molecule has 122 valence electrons. The smallest absolute Gasteiger partial charge is 0.220 e. The molecule has 0 saturated carbocycles. The van der Waals surface area contributed by atoms with E-state index in [1.165, 1.54) is 11.1 Å². The monoisotopic (exact) mass is 349 g/mol. The van der Waals surface area contributed by atoms with Gasteiger partial charge in [0.05, 0.1) is 6.04 Å². The van der Waals surface area contributed by atoms with Crippen LogP contribution >= 0.6 is 23.2 Å². The van der Waals surface area contributed by atoms with Crippen LogP contribution in [0.3, 0.4) is 0 Å². The molecule has 1 N–H and O–H groups in total. The van der Waals surface area contributed by atoms with Gasteiger partial charge in [-0.05, 0) is 56.0 Å². The van der Waals surface area contributed by atoms with E-state index in [4.69, 9.17) is 23.2 Å². The second-order valence-electron chi connectivity index (χ2n) is 5.85. The third kappa shape index (κ3) is 4.73. The summed E-state index contributed by atoms with van der Waals surface area (Å²) in [7, 11) is 0. The summed E-state index contributed by atoms with van der Waals surface area (Å²) in [5.41, 5.74) is 4.34. The molecule has 0 bridgehead atoms. The number of hydrogen-bond donors (Lipinski definition) is 1. The first-order valence-electron chi connectivity index (χ1n) is 7.68. The number of carbonyl (C=O) groups is 1. The van der Waals surface area contributed by atoms with E-state index in [-0.39, 0.29) is 11.9 Å². The number of benzene rings is 2. The lowest BCUT2D eigenvalue weighted by Gasteiger charge is -2.17. The molecule has 2 aromatic carbocycles. The van der Waals surface area contributed by atoms with Crippen molar-refractivity contribution in [2.24, 2.45) is 0 Å². The zero-order chi connectivity index (χ0) is 17.0. The van der Waals surface area contributed by atoms with Crippen LogP contribution in [0.4, 0.5) is 0 Å². The maximum atomic E-state index is 12.2.